The van der Waals surface area contributed by atoms with Crippen molar-refractivity contribution in [2.45, 2.75) is 40.0 Å². The molecule has 1 aromatic carbocycles. The van der Waals surface area contributed by atoms with Gasteiger partial charge >= 0.3 is 5.63 Å². The average molecular weight is 380 g/mol. The Balaban J connectivity index is 0.00000243. The lowest BCUT2D eigenvalue weighted by molar-refractivity contribution is 0.135. The summed E-state index contributed by atoms with van der Waals surface area (Å²) in [6, 6.07) is 1.55. The third kappa shape index (κ3) is 3.52. The van der Waals surface area contributed by atoms with Gasteiger partial charge in [0, 0.05) is 41.1 Å². The maximum atomic E-state index is 11.8. The third-order valence-corrected chi connectivity index (χ3v) is 4.90. The fraction of sp³-hybridized carbons (Fsp3) is 0.450. The van der Waals surface area contributed by atoms with Crippen LogP contribution in [0.25, 0.3) is 21.9 Å². The molecule has 0 aliphatic carbocycles. The van der Waals surface area contributed by atoms with Crippen molar-refractivity contribution in [3.63, 3.8) is 0 Å². The summed E-state index contributed by atoms with van der Waals surface area (Å²) in [7, 11) is 0. The monoisotopic (exact) mass is 379 g/mol. The standard InChI is InChI=1S/C20H25NO4.ClH/c1-11(5-7-23-8-6-21)15-10-24-19-14(4)20-17(13(3)18(15)19)12(2)9-16(22)25-20;/h9-11H,5-8,21H2,1-4H3;1H. The summed E-state index contributed by atoms with van der Waals surface area (Å²) >= 11 is 0. The van der Waals surface area contributed by atoms with Crippen molar-refractivity contribution in [1.82, 2.24) is 0 Å². The SMILES string of the molecule is Cc1c2oc(=O)cc(C)c2c(C)c2c(C(C)CCOCCN)coc12.Cl. The molecule has 0 saturated heterocycles. The predicted molar refractivity (Wildman–Crippen MR) is 107 cm³/mol. The minimum Gasteiger partial charge on any atom is -0.464 e. The van der Waals surface area contributed by atoms with Crippen LogP contribution in [0.1, 0.15) is 41.5 Å². The molecule has 0 spiro atoms. The molecule has 0 fully saturated rings. The molecule has 2 N–H and O–H groups in total. The van der Waals surface area contributed by atoms with Gasteiger partial charge in [-0.15, -0.1) is 12.4 Å². The van der Waals surface area contributed by atoms with Crippen molar-refractivity contribution in [2.75, 3.05) is 19.8 Å². The van der Waals surface area contributed by atoms with E-state index in [1.165, 1.54) is 5.56 Å². The topological polar surface area (TPSA) is 78.6 Å². The normalized spacial score (nSPS) is 12.5. The molecule has 1 atom stereocenters. The number of halogens is 1. The van der Waals surface area contributed by atoms with Gasteiger partial charge in [0.25, 0.3) is 0 Å². The van der Waals surface area contributed by atoms with Crippen LogP contribution in [-0.4, -0.2) is 19.8 Å². The molecule has 5 nitrogen and oxygen atoms in total. The van der Waals surface area contributed by atoms with Crippen LogP contribution in [0.2, 0.25) is 0 Å². The first-order valence-electron chi connectivity index (χ1n) is 8.68. The third-order valence-electron chi connectivity index (χ3n) is 4.90. The molecule has 26 heavy (non-hydrogen) atoms. The highest BCUT2D eigenvalue weighted by Crippen LogP contribution is 2.39. The zero-order valence-electron chi connectivity index (χ0n) is 15.7. The first-order chi connectivity index (χ1) is 12.0. The van der Waals surface area contributed by atoms with Crippen LogP contribution < -0.4 is 11.4 Å². The van der Waals surface area contributed by atoms with Crippen molar-refractivity contribution in [1.29, 1.82) is 0 Å². The van der Waals surface area contributed by atoms with E-state index in [4.69, 9.17) is 19.3 Å². The Morgan fingerprint density at radius 1 is 1.12 bits per heavy atom. The van der Waals surface area contributed by atoms with Gasteiger partial charge in [0.2, 0.25) is 0 Å². The van der Waals surface area contributed by atoms with Gasteiger partial charge in [-0.25, -0.2) is 4.79 Å². The summed E-state index contributed by atoms with van der Waals surface area (Å²) in [6.45, 7) is 9.92. The Labute approximate surface area is 158 Å². The summed E-state index contributed by atoms with van der Waals surface area (Å²) in [6.07, 6.45) is 2.72. The summed E-state index contributed by atoms with van der Waals surface area (Å²) in [5.74, 6) is 0.297. The van der Waals surface area contributed by atoms with Crippen LogP contribution in [0.5, 0.6) is 0 Å². The van der Waals surface area contributed by atoms with Crippen LogP contribution >= 0.6 is 12.4 Å². The van der Waals surface area contributed by atoms with E-state index in [0.29, 0.717) is 31.3 Å². The van der Waals surface area contributed by atoms with Gasteiger partial charge in [-0.05, 0) is 44.2 Å². The van der Waals surface area contributed by atoms with E-state index in [2.05, 4.69) is 13.8 Å². The number of hydrogen-bond donors (Lipinski definition) is 1. The lowest BCUT2D eigenvalue weighted by atomic mass is 9.91. The number of rotatable bonds is 6. The molecular formula is C20H26ClNO4. The van der Waals surface area contributed by atoms with Crippen LogP contribution in [0.15, 0.2) is 26.0 Å². The van der Waals surface area contributed by atoms with Gasteiger partial charge < -0.3 is 19.3 Å². The van der Waals surface area contributed by atoms with Crippen molar-refractivity contribution in [2.24, 2.45) is 5.73 Å². The second kappa shape index (κ2) is 8.25. The van der Waals surface area contributed by atoms with Crippen molar-refractivity contribution in [3.8, 4) is 0 Å². The summed E-state index contributed by atoms with van der Waals surface area (Å²) < 4.78 is 16.9. The van der Waals surface area contributed by atoms with Gasteiger partial charge in [0.1, 0.15) is 11.2 Å². The molecule has 3 aromatic rings. The van der Waals surface area contributed by atoms with Crippen LogP contribution in [0.4, 0.5) is 0 Å². The number of benzene rings is 1. The largest absolute Gasteiger partial charge is 0.464 e. The van der Waals surface area contributed by atoms with Gasteiger partial charge in [-0.3, -0.25) is 0 Å². The highest BCUT2D eigenvalue weighted by molar-refractivity contribution is 6.03. The molecule has 0 aliphatic heterocycles. The maximum absolute atomic E-state index is 11.8. The lowest BCUT2D eigenvalue weighted by Gasteiger charge is -2.13. The molecule has 0 bridgehead atoms. The summed E-state index contributed by atoms with van der Waals surface area (Å²) in [4.78, 5) is 11.8. The Morgan fingerprint density at radius 2 is 1.85 bits per heavy atom. The number of fused-ring (bicyclic) bond motifs is 2. The van der Waals surface area contributed by atoms with Gasteiger partial charge in [-0.1, -0.05) is 6.92 Å². The highest BCUT2D eigenvalue weighted by Gasteiger charge is 2.21. The van der Waals surface area contributed by atoms with Gasteiger partial charge in [-0.2, -0.15) is 0 Å². The quantitative estimate of drug-likeness (QED) is 0.508. The maximum Gasteiger partial charge on any atom is 0.336 e. The van der Waals surface area contributed by atoms with E-state index in [1.54, 1.807) is 6.07 Å². The first kappa shape index (κ1) is 20.5. The predicted octanol–water partition coefficient (Wildman–Crippen LogP) is 4.36. The molecular weight excluding hydrogens is 354 g/mol. The van der Waals surface area contributed by atoms with E-state index in [0.717, 1.165) is 39.5 Å². The van der Waals surface area contributed by atoms with E-state index in [9.17, 15) is 4.79 Å². The fourth-order valence-electron chi connectivity index (χ4n) is 3.56. The summed E-state index contributed by atoms with van der Waals surface area (Å²) in [5, 5.41) is 2.12. The Morgan fingerprint density at radius 3 is 2.54 bits per heavy atom. The zero-order chi connectivity index (χ0) is 18.1. The zero-order valence-corrected chi connectivity index (χ0v) is 16.5. The molecule has 0 saturated carbocycles. The van der Waals surface area contributed by atoms with Gasteiger partial charge in [0.15, 0.2) is 0 Å². The van der Waals surface area contributed by atoms with Crippen LogP contribution in [0, 0.1) is 20.8 Å². The first-order valence-corrected chi connectivity index (χ1v) is 8.68. The minimum atomic E-state index is -0.330. The number of nitrogens with two attached hydrogens (primary N) is 1. The smallest absolute Gasteiger partial charge is 0.336 e. The second-order valence-corrected chi connectivity index (χ2v) is 6.69. The fourth-order valence-corrected chi connectivity index (χ4v) is 3.56. The van der Waals surface area contributed by atoms with Gasteiger partial charge in [0.05, 0.1) is 12.9 Å². The second-order valence-electron chi connectivity index (χ2n) is 6.69. The van der Waals surface area contributed by atoms with Crippen molar-refractivity contribution in [3.05, 3.63) is 45.0 Å². The molecule has 2 aromatic heterocycles. The molecule has 2 heterocycles. The van der Waals surface area contributed by atoms with E-state index in [1.807, 2.05) is 20.1 Å². The molecule has 6 heteroatoms. The molecule has 142 valence electrons. The highest BCUT2D eigenvalue weighted by atomic mass is 35.5. The minimum absolute atomic E-state index is 0. The van der Waals surface area contributed by atoms with Crippen molar-refractivity contribution >= 4 is 34.3 Å². The number of furan rings is 1. The number of ether oxygens (including phenoxy) is 1. The van der Waals surface area contributed by atoms with E-state index < -0.39 is 0 Å². The Bertz CT molecular complexity index is 973. The molecule has 3 rings (SSSR count). The lowest BCUT2D eigenvalue weighted by Crippen LogP contribution is -2.10. The van der Waals surface area contributed by atoms with Crippen molar-refractivity contribution < 1.29 is 13.6 Å². The summed E-state index contributed by atoms with van der Waals surface area (Å²) in [5.41, 5.74) is 10.6. The number of hydrogen-bond acceptors (Lipinski definition) is 5. The molecule has 1 unspecified atom stereocenters. The van der Waals surface area contributed by atoms with E-state index in [-0.39, 0.29) is 18.0 Å². The Hall–Kier alpha value is -1.82. The molecule has 0 radical (unpaired) electrons. The van der Waals surface area contributed by atoms with E-state index >= 15 is 0 Å². The van der Waals surface area contributed by atoms with Crippen LogP contribution in [-0.2, 0) is 4.74 Å². The molecule has 0 amide bonds. The molecule has 0 aliphatic rings. The number of aryl methyl sites for hydroxylation is 3. The Kier molecular flexibility index (Phi) is 6.50. The van der Waals surface area contributed by atoms with Crippen LogP contribution in [0.3, 0.4) is 0 Å². The average Bonchev–Trinajstić information content (AvgIpc) is 3.01.